The van der Waals surface area contributed by atoms with Crippen molar-refractivity contribution in [2.24, 2.45) is 11.3 Å². The Labute approximate surface area is 180 Å². The smallest absolute Gasteiger partial charge is 0.333 e. The van der Waals surface area contributed by atoms with Crippen LogP contribution in [0.5, 0.6) is 0 Å². The van der Waals surface area contributed by atoms with Gasteiger partial charge in [0.1, 0.15) is 6.29 Å². The average Bonchev–Trinajstić information content (AvgIpc) is 3.01. The van der Waals surface area contributed by atoms with E-state index < -0.39 is 18.4 Å². The lowest BCUT2D eigenvalue weighted by atomic mass is 9.67. The van der Waals surface area contributed by atoms with Crippen LogP contribution in [0.3, 0.4) is 0 Å². The monoisotopic (exact) mass is 416 g/mol. The van der Waals surface area contributed by atoms with Gasteiger partial charge in [-0.2, -0.15) is 0 Å². The Balaban J connectivity index is 1.82. The second-order valence-corrected chi connectivity index (χ2v) is 9.24. The van der Waals surface area contributed by atoms with Crippen LogP contribution >= 0.6 is 0 Å². The summed E-state index contributed by atoms with van der Waals surface area (Å²) in [5.74, 6) is -0.0447. The molecule has 0 amide bonds. The fraction of sp³-hybridized carbons (Fsp3) is 0.600. The van der Waals surface area contributed by atoms with E-state index in [0.717, 1.165) is 31.6 Å². The number of hydrogen-bond donors (Lipinski definition) is 2. The molecule has 166 valence electrons. The van der Waals surface area contributed by atoms with Gasteiger partial charge in [-0.25, -0.2) is 4.79 Å². The largest absolute Gasteiger partial charge is 0.429 e. The van der Waals surface area contributed by atoms with Crippen LogP contribution in [0, 0.1) is 11.3 Å². The maximum Gasteiger partial charge on any atom is 0.333 e. The third kappa shape index (κ3) is 6.78. The molecule has 0 bridgehead atoms. The van der Waals surface area contributed by atoms with Crippen LogP contribution in [0.15, 0.2) is 46.6 Å². The normalized spacial score (nSPS) is 25.5. The lowest BCUT2D eigenvalue weighted by Crippen LogP contribution is -2.27. The highest BCUT2D eigenvalue weighted by molar-refractivity contribution is 5.85. The lowest BCUT2D eigenvalue weighted by Gasteiger charge is -2.38. The first kappa shape index (κ1) is 24.3. The molecule has 0 aromatic carbocycles. The summed E-state index contributed by atoms with van der Waals surface area (Å²) < 4.78 is 4.57. The van der Waals surface area contributed by atoms with Gasteiger partial charge in [0.15, 0.2) is 0 Å². The van der Waals surface area contributed by atoms with Gasteiger partial charge in [-0.3, -0.25) is 4.79 Å². The van der Waals surface area contributed by atoms with Gasteiger partial charge in [0.2, 0.25) is 6.29 Å². The van der Waals surface area contributed by atoms with E-state index in [9.17, 15) is 19.8 Å². The molecule has 1 aliphatic carbocycles. The van der Waals surface area contributed by atoms with E-state index in [4.69, 9.17) is 0 Å². The van der Waals surface area contributed by atoms with E-state index in [2.05, 4.69) is 44.6 Å². The Hall–Kier alpha value is -1.98. The third-order valence-corrected chi connectivity index (χ3v) is 6.44. The molecule has 0 aromatic heterocycles. The van der Waals surface area contributed by atoms with Crippen molar-refractivity contribution in [1.29, 1.82) is 0 Å². The summed E-state index contributed by atoms with van der Waals surface area (Å²) in [5, 5.41) is 19.7. The molecule has 2 N–H and O–H groups in total. The van der Waals surface area contributed by atoms with Crippen molar-refractivity contribution in [3.8, 4) is 0 Å². The Kier molecular flexibility index (Phi) is 8.80. The molecular weight excluding hydrogens is 380 g/mol. The molecule has 1 heterocycles. The van der Waals surface area contributed by atoms with E-state index in [1.807, 2.05) is 0 Å². The molecule has 0 spiro atoms. The van der Waals surface area contributed by atoms with Crippen molar-refractivity contribution in [1.82, 2.24) is 0 Å². The van der Waals surface area contributed by atoms with Gasteiger partial charge in [-0.1, -0.05) is 43.2 Å². The first-order chi connectivity index (χ1) is 14.1. The Bertz CT molecular complexity index is 754. The average molecular weight is 417 g/mol. The lowest BCUT2D eigenvalue weighted by molar-refractivity contribution is -0.151. The molecule has 30 heavy (non-hydrogen) atoms. The SMILES string of the molecule is CC1=CCCC(C)(C)C1CC/C(C)=C/CC/C(C=O)=C\CC(O)C1=CC(=O)OC1O. The van der Waals surface area contributed by atoms with Gasteiger partial charge in [0.05, 0.1) is 6.10 Å². The number of rotatable bonds is 10. The van der Waals surface area contributed by atoms with E-state index in [1.54, 1.807) is 6.08 Å². The zero-order chi connectivity index (χ0) is 22.3. The van der Waals surface area contributed by atoms with Gasteiger partial charge in [-0.05, 0) is 75.7 Å². The molecule has 0 saturated heterocycles. The number of allylic oxidation sites excluding steroid dienone is 5. The molecule has 2 aliphatic rings. The van der Waals surface area contributed by atoms with Gasteiger partial charge in [0.25, 0.3) is 0 Å². The van der Waals surface area contributed by atoms with Crippen molar-refractivity contribution < 1.29 is 24.5 Å². The van der Waals surface area contributed by atoms with Crippen LogP contribution < -0.4 is 0 Å². The number of carbonyl (C=O) groups excluding carboxylic acids is 2. The highest BCUT2D eigenvalue weighted by atomic mass is 16.6. The first-order valence-electron chi connectivity index (χ1n) is 10.9. The molecular formula is C25H36O5. The number of aliphatic hydroxyl groups excluding tert-OH is 2. The van der Waals surface area contributed by atoms with Crippen LogP contribution in [-0.2, 0) is 14.3 Å². The summed E-state index contributed by atoms with van der Waals surface area (Å²) in [6.45, 7) is 9.13. The van der Waals surface area contributed by atoms with E-state index in [0.29, 0.717) is 23.3 Å². The van der Waals surface area contributed by atoms with E-state index >= 15 is 0 Å². The first-order valence-corrected chi connectivity index (χ1v) is 10.9. The van der Waals surface area contributed by atoms with Crippen LogP contribution in [0.2, 0.25) is 0 Å². The van der Waals surface area contributed by atoms with Crippen molar-refractivity contribution in [2.45, 2.75) is 85.0 Å². The number of carbonyl (C=O) groups is 2. The Morgan fingerprint density at radius 3 is 2.67 bits per heavy atom. The molecule has 0 fully saturated rings. The van der Waals surface area contributed by atoms with Crippen LogP contribution in [0.4, 0.5) is 0 Å². The van der Waals surface area contributed by atoms with Crippen molar-refractivity contribution in [3.05, 3.63) is 46.6 Å². The predicted molar refractivity (Wildman–Crippen MR) is 117 cm³/mol. The molecule has 3 atom stereocenters. The van der Waals surface area contributed by atoms with Gasteiger partial charge in [-0.15, -0.1) is 0 Å². The Morgan fingerprint density at radius 1 is 1.33 bits per heavy atom. The van der Waals surface area contributed by atoms with Crippen molar-refractivity contribution >= 4 is 12.3 Å². The maximum absolute atomic E-state index is 11.4. The van der Waals surface area contributed by atoms with Crippen molar-refractivity contribution in [3.63, 3.8) is 0 Å². The van der Waals surface area contributed by atoms with Crippen molar-refractivity contribution in [2.75, 3.05) is 0 Å². The third-order valence-electron chi connectivity index (χ3n) is 6.44. The standard InChI is InChI=1S/C25H36O5/c1-17(10-12-21-18(2)8-6-14-25(21,3)4)7-5-9-19(16-26)11-13-22(27)20-15-23(28)30-24(20)29/h7-8,11,15-16,21-22,24,27,29H,5-6,9-10,12-14H2,1-4H3/b17-7+,19-11+. The second-order valence-electron chi connectivity index (χ2n) is 9.24. The predicted octanol–water partition coefficient (Wildman–Crippen LogP) is 4.55. The highest BCUT2D eigenvalue weighted by Crippen LogP contribution is 2.43. The summed E-state index contributed by atoms with van der Waals surface area (Å²) in [7, 11) is 0. The summed E-state index contributed by atoms with van der Waals surface area (Å²) in [6.07, 6.45) is 11.8. The number of aliphatic hydroxyl groups is 2. The van der Waals surface area contributed by atoms with Gasteiger partial charge < -0.3 is 14.9 Å². The quantitative estimate of drug-likeness (QED) is 0.236. The minimum Gasteiger partial charge on any atom is -0.429 e. The molecule has 2 rings (SSSR count). The Morgan fingerprint density at radius 2 is 2.07 bits per heavy atom. The van der Waals surface area contributed by atoms with E-state index in [-0.39, 0.29) is 12.0 Å². The maximum atomic E-state index is 11.4. The number of ether oxygens (including phenoxy) is 1. The number of esters is 1. The van der Waals surface area contributed by atoms with E-state index in [1.165, 1.54) is 24.0 Å². The molecule has 5 heteroatoms. The molecule has 3 unspecified atom stereocenters. The fourth-order valence-electron chi connectivity index (χ4n) is 4.47. The summed E-state index contributed by atoms with van der Waals surface area (Å²) in [6, 6.07) is 0. The molecule has 0 saturated carbocycles. The molecule has 0 radical (unpaired) electrons. The minimum atomic E-state index is -1.40. The van der Waals surface area contributed by atoms with Crippen LogP contribution in [0.1, 0.15) is 72.6 Å². The van der Waals surface area contributed by atoms with Gasteiger partial charge in [0, 0.05) is 11.6 Å². The highest BCUT2D eigenvalue weighted by Gasteiger charge is 2.32. The molecule has 1 aliphatic heterocycles. The molecule has 0 aromatic rings. The summed E-state index contributed by atoms with van der Waals surface area (Å²) in [5.41, 5.74) is 3.94. The number of hydrogen-bond acceptors (Lipinski definition) is 5. The number of cyclic esters (lactones) is 1. The van der Waals surface area contributed by atoms with Crippen LogP contribution in [0.25, 0.3) is 0 Å². The zero-order valence-electron chi connectivity index (χ0n) is 18.7. The fourth-order valence-corrected chi connectivity index (χ4v) is 4.47. The zero-order valence-corrected chi connectivity index (χ0v) is 18.7. The summed E-state index contributed by atoms with van der Waals surface area (Å²) in [4.78, 5) is 22.5. The second kappa shape index (κ2) is 10.9. The van der Waals surface area contributed by atoms with Gasteiger partial charge >= 0.3 is 5.97 Å². The van der Waals surface area contributed by atoms with Crippen LogP contribution in [-0.4, -0.2) is 34.9 Å². The minimum absolute atomic E-state index is 0.132. The topological polar surface area (TPSA) is 83.8 Å². The summed E-state index contributed by atoms with van der Waals surface area (Å²) >= 11 is 0. The number of aldehydes is 1. The molecule has 5 nitrogen and oxygen atoms in total.